The molecule has 0 aromatic carbocycles. The zero-order valence-electron chi connectivity index (χ0n) is 8.83. The third-order valence-electron chi connectivity index (χ3n) is 2.23. The van der Waals surface area contributed by atoms with Crippen LogP contribution < -0.4 is 5.32 Å². The van der Waals surface area contributed by atoms with Crippen LogP contribution in [-0.2, 0) is 0 Å². The molecule has 78 valence electrons. The van der Waals surface area contributed by atoms with E-state index in [1.54, 1.807) is 0 Å². The molecule has 0 aliphatic carbocycles. The summed E-state index contributed by atoms with van der Waals surface area (Å²) >= 11 is 0. The van der Waals surface area contributed by atoms with Crippen LogP contribution in [-0.4, -0.2) is 22.7 Å². The number of nitrogens with zero attached hydrogens (tertiary/aromatic N) is 1. The minimum absolute atomic E-state index is 0.220. The van der Waals surface area contributed by atoms with Crippen molar-refractivity contribution in [1.82, 2.24) is 4.98 Å². The SMILES string of the molecule is CCC(CCO)Nc1ccc(C)cn1. The molecule has 1 heterocycles. The maximum absolute atomic E-state index is 8.83. The van der Waals surface area contributed by atoms with E-state index in [1.165, 1.54) is 0 Å². The number of hydrogen-bond donors (Lipinski definition) is 2. The van der Waals surface area contributed by atoms with Crippen LogP contribution in [0.2, 0.25) is 0 Å². The summed E-state index contributed by atoms with van der Waals surface area (Å²) in [6.07, 6.45) is 3.61. The van der Waals surface area contributed by atoms with E-state index in [0.717, 1.165) is 24.2 Å². The highest BCUT2D eigenvalue weighted by molar-refractivity contribution is 5.36. The molecule has 0 saturated heterocycles. The molecule has 0 aliphatic heterocycles. The van der Waals surface area contributed by atoms with Gasteiger partial charge in [-0.1, -0.05) is 13.0 Å². The Labute approximate surface area is 85.2 Å². The van der Waals surface area contributed by atoms with Gasteiger partial charge in [-0.2, -0.15) is 0 Å². The molecule has 3 nitrogen and oxygen atoms in total. The standard InChI is InChI=1S/C11H18N2O/c1-3-10(6-7-14)13-11-5-4-9(2)8-12-11/h4-5,8,10,14H,3,6-7H2,1-2H3,(H,12,13). The second-order valence-corrected chi connectivity index (χ2v) is 3.48. The van der Waals surface area contributed by atoms with Crippen molar-refractivity contribution in [2.75, 3.05) is 11.9 Å². The molecule has 2 N–H and O–H groups in total. The fourth-order valence-corrected chi connectivity index (χ4v) is 1.30. The van der Waals surface area contributed by atoms with Crippen LogP contribution in [0.5, 0.6) is 0 Å². The van der Waals surface area contributed by atoms with E-state index in [0.29, 0.717) is 6.04 Å². The topological polar surface area (TPSA) is 45.1 Å². The molecule has 0 amide bonds. The molecule has 1 aromatic heterocycles. The van der Waals surface area contributed by atoms with Crippen molar-refractivity contribution < 1.29 is 5.11 Å². The number of aryl methyl sites for hydroxylation is 1. The van der Waals surface area contributed by atoms with Gasteiger partial charge in [0.05, 0.1) is 0 Å². The second kappa shape index (κ2) is 5.60. The van der Waals surface area contributed by atoms with E-state index in [1.807, 2.05) is 25.3 Å². The zero-order chi connectivity index (χ0) is 10.4. The highest BCUT2D eigenvalue weighted by Crippen LogP contribution is 2.09. The molecule has 0 bridgehead atoms. The normalized spacial score (nSPS) is 12.5. The van der Waals surface area contributed by atoms with Crippen molar-refractivity contribution in [2.24, 2.45) is 0 Å². The van der Waals surface area contributed by atoms with Crippen LogP contribution in [0.4, 0.5) is 5.82 Å². The number of aliphatic hydroxyl groups excluding tert-OH is 1. The fourth-order valence-electron chi connectivity index (χ4n) is 1.30. The van der Waals surface area contributed by atoms with E-state index in [2.05, 4.69) is 17.2 Å². The smallest absolute Gasteiger partial charge is 0.126 e. The molecule has 0 radical (unpaired) electrons. The quantitative estimate of drug-likeness (QED) is 0.753. The van der Waals surface area contributed by atoms with Crippen LogP contribution in [0.15, 0.2) is 18.3 Å². The highest BCUT2D eigenvalue weighted by atomic mass is 16.3. The van der Waals surface area contributed by atoms with E-state index in [4.69, 9.17) is 5.11 Å². The lowest BCUT2D eigenvalue weighted by molar-refractivity contribution is 0.278. The van der Waals surface area contributed by atoms with Crippen molar-refractivity contribution in [3.8, 4) is 0 Å². The lowest BCUT2D eigenvalue weighted by Crippen LogP contribution is -2.20. The van der Waals surface area contributed by atoms with Crippen LogP contribution in [0, 0.1) is 6.92 Å². The lowest BCUT2D eigenvalue weighted by atomic mass is 10.1. The van der Waals surface area contributed by atoms with Crippen molar-refractivity contribution in [2.45, 2.75) is 32.7 Å². The Bertz CT molecular complexity index is 258. The number of hydrogen-bond acceptors (Lipinski definition) is 3. The Hall–Kier alpha value is -1.09. The van der Waals surface area contributed by atoms with E-state index in [-0.39, 0.29) is 6.61 Å². The summed E-state index contributed by atoms with van der Waals surface area (Å²) in [6, 6.07) is 4.31. The molecule has 0 spiro atoms. The molecular weight excluding hydrogens is 176 g/mol. The van der Waals surface area contributed by atoms with Crippen LogP contribution in [0.1, 0.15) is 25.3 Å². The van der Waals surface area contributed by atoms with Crippen LogP contribution in [0.3, 0.4) is 0 Å². The summed E-state index contributed by atoms with van der Waals surface area (Å²) in [5.74, 6) is 0.885. The van der Waals surface area contributed by atoms with Crippen molar-refractivity contribution >= 4 is 5.82 Å². The molecule has 0 fully saturated rings. The molecule has 0 saturated carbocycles. The predicted octanol–water partition coefficient (Wildman–Crippen LogP) is 1.96. The molecule has 1 unspecified atom stereocenters. The van der Waals surface area contributed by atoms with Gasteiger partial charge in [0.15, 0.2) is 0 Å². The Balaban J connectivity index is 2.53. The number of anilines is 1. The Morgan fingerprint density at radius 3 is 2.79 bits per heavy atom. The molecular formula is C11H18N2O. The minimum Gasteiger partial charge on any atom is -0.396 e. The van der Waals surface area contributed by atoms with Crippen molar-refractivity contribution in [1.29, 1.82) is 0 Å². The maximum Gasteiger partial charge on any atom is 0.126 e. The van der Waals surface area contributed by atoms with Gasteiger partial charge in [0.25, 0.3) is 0 Å². The van der Waals surface area contributed by atoms with Gasteiger partial charge in [0.2, 0.25) is 0 Å². The van der Waals surface area contributed by atoms with E-state index in [9.17, 15) is 0 Å². The summed E-state index contributed by atoms with van der Waals surface area (Å²) in [6.45, 7) is 4.33. The summed E-state index contributed by atoms with van der Waals surface area (Å²) in [4.78, 5) is 4.26. The number of nitrogens with one attached hydrogen (secondary N) is 1. The molecule has 14 heavy (non-hydrogen) atoms. The maximum atomic E-state index is 8.83. The van der Waals surface area contributed by atoms with Gasteiger partial charge in [-0.05, 0) is 31.4 Å². The zero-order valence-corrected chi connectivity index (χ0v) is 8.83. The summed E-state index contributed by atoms with van der Waals surface area (Å²) in [7, 11) is 0. The first kappa shape index (κ1) is 11.0. The highest BCUT2D eigenvalue weighted by Gasteiger charge is 2.04. The molecule has 0 aliphatic rings. The van der Waals surface area contributed by atoms with Crippen LogP contribution in [0.25, 0.3) is 0 Å². The Kier molecular flexibility index (Phi) is 4.40. The predicted molar refractivity (Wildman–Crippen MR) is 58.4 cm³/mol. The number of rotatable bonds is 5. The lowest BCUT2D eigenvalue weighted by Gasteiger charge is -2.16. The third kappa shape index (κ3) is 3.34. The number of aliphatic hydroxyl groups is 1. The van der Waals surface area contributed by atoms with Crippen molar-refractivity contribution in [3.05, 3.63) is 23.9 Å². The van der Waals surface area contributed by atoms with Crippen LogP contribution >= 0.6 is 0 Å². The van der Waals surface area contributed by atoms with Gasteiger partial charge in [-0.15, -0.1) is 0 Å². The third-order valence-corrected chi connectivity index (χ3v) is 2.23. The van der Waals surface area contributed by atoms with Gasteiger partial charge in [0, 0.05) is 18.8 Å². The summed E-state index contributed by atoms with van der Waals surface area (Å²) < 4.78 is 0. The molecule has 1 aromatic rings. The largest absolute Gasteiger partial charge is 0.396 e. The molecule has 3 heteroatoms. The summed E-state index contributed by atoms with van der Waals surface area (Å²) in [5.41, 5.74) is 1.16. The van der Waals surface area contributed by atoms with Crippen molar-refractivity contribution in [3.63, 3.8) is 0 Å². The number of pyridine rings is 1. The molecule has 1 atom stereocenters. The Morgan fingerprint density at radius 1 is 1.50 bits per heavy atom. The average Bonchev–Trinajstić information content (AvgIpc) is 2.20. The second-order valence-electron chi connectivity index (χ2n) is 3.48. The van der Waals surface area contributed by atoms with Gasteiger partial charge >= 0.3 is 0 Å². The number of aromatic nitrogens is 1. The first-order chi connectivity index (χ1) is 6.76. The van der Waals surface area contributed by atoms with E-state index < -0.39 is 0 Å². The summed E-state index contributed by atoms with van der Waals surface area (Å²) in [5, 5.41) is 12.1. The average molecular weight is 194 g/mol. The van der Waals surface area contributed by atoms with Gasteiger partial charge in [-0.3, -0.25) is 0 Å². The fraction of sp³-hybridized carbons (Fsp3) is 0.545. The van der Waals surface area contributed by atoms with Gasteiger partial charge < -0.3 is 10.4 Å². The first-order valence-corrected chi connectivity index (χ1v) is 5.06. The van der Waals surface area contributed by atoms with Gasteiger partial charge in [-0.25, -0.2) is 4.98 Å². The Morgan fingerprint density at radius 2 is 2.29 bits per heavy atom. The first-order valence-electron chi connectivity index (χ1n) is 5.06. The van der Waals surface area contributed by atoms with E-state index >= 15 is 0 Å². The monoisotopic (exact) mass is 194 g/mol. The van der Waals surface area contributed by atoms with Gasteiger partial charge in [0.1, 0.15) is 5.82 Å². The molecule has 1 rings (SSSR count). The minimum atomic E-state index is 0.220.